The van der Waals surface area contributed by atoms with Crippen molar-refractivity contribution >= 4 is 33.5 Å². The van der Waals surface area contributed by atoms with Gasteiger partial charge < -0.3 is 4.74 Å². The largest absolute Gasteiger partial charge is 0.489 e. The maximum atomic E-state index is 12.0. The van der Waals surface area contributed by atoms with Gasteiger partial charge >= 0.3 is 0 Å². The molecule has 92 valence electrons. The van der Waals surface area contributed by atoms with Crippen LogP contribution in [0.4, 0.5) is 0 Å². The number of thioether (sulfide) groups is 1. The van der Waals surface area contributed by atoms with Crippen molar-refractivity contribution in [1.29, 1.82) is 0 Å². The lowest BCUT2D eigenvalue weighted by Gasteiger charge is -2.25. The molecule has 0 radical (unpaired) electrons. The molecule has 1 unspecified atom stereocenters. The Balaban J connectivity index is 2.06. The van der Waals surface area contributed by atoms with E-state index in [1.54, 1.807) is 0 Å². The quantitative estimate of drug-likeness (QED) is 0.788. The minimum absolute atomic E-state index is 0.0586. The Morgan fingerprint density at radius 1 is 1.53 bits per heavy atom. The van der Waals surface area contributed by atoms with Crippen LogP contribution in [0.1, 0.15) is 29.6 Å². The summed E-state index contributed by atoms with van der Waals surface area (Å²) in [4.78, 5) is 12.0. The number of hydrogen-bond acceptors (Lipinski definition) is 3. The molecule has 0 saturated carbocycles. The minimum Gasteiger partial charge on any atom is -0.489 e. The Hall–Kier alpha value is -0.480. The Bertz CT molecular complexity index is 420. The van der Waals surface area contributed by atoms with Gasteiger partial charge in [-0.3, -0.25) is 4.79 Å². The summed E-state index contributed by atoms with van der Waals surface area (Å²) in [7, 11) is 0. The highest BCUT2D eigenvalue weighted by atomic mass is 79.9. The van der Waals surface area contributed by atoms with E-state index in [4.69, 9.17) is 4.74 Å². The van der Waals surface area contributed by atoms with Crippen LogP contribution in [0.2, 0.25) is 0 Å². The van der Waals surface area contributed by atoms with Crippen LogP contribution in [0, 0.1) is 0 Å². The zero-order chi connectivity index (χ0) is 12.3. The first kappa shape index (κ1) is 13.0. The van der Waals surface area contributed by atoms with Gasteiger partial charge in [0, 0.05) is 10.9 Å². The van der Waals surface area contributed by atoms with Gasteiger partial charge in [0.2, 0.25) is 0 Å². The van der Waals surface area contributed by atoms with Crippen molar-refractivity contribution in [3.63, 3.8) is 0 Å². The molecule has 0 saturated heterocycles. The number of carbonyl (C=O) groups is 1. The Morgan fingerprint density at radius 3 is 3.12 bits per heavy atom. The molecule has 1 aliphatic heterocycles. The van der Waals surface area contributed by atoms with E-state index < -0.39 is 0 Å². The average Bonchev–Trinajstić information content (AvgIpc) is 2.31. The van der Waals surface area contributed by atoms with E-state index in [-0.39, 0.29) is 11.9 Å². The van der Waals surface area contributed by atoms with Crippen molar-refractivity contribution in [1.82, 2.24) is 0 Å². The lowest BCUT2D eigenvalue weighted by Crippen LogP contribution is -2.27. The molecule has 0 spiro atoms. The Labute approximate surface area is 114 Å². The van der Waals surface area contributed by atoms with Crippen LogP contribution in [0.25, 0.3) is 0 Å². The van der Waals surface area contributed by atoms with Gasteiger partial charge in [-0.15, -0.1) is 0 Å². The molecule has 17 heavy (non-hydrogen) atoms. The molecule has 4 heteroatoms. The fraction of sp³-hybridized carbons (Fsp3) is 0.462. The number of ketones is 1. The standard InChI is InChI=1S/C13H15BrO2S/c1-17-6-2-3-10-8-12(15)11-7-9(14)4-5-13(11)16-10/h4-5,7,10H,2-3,6,8H2,1H3. The van der Waals surface area contributed by atoms with Gasteiger partial charge in [0.25, 0.3) is 0 Å². The summed E-state index contributed by atoms with van der Waals surface area (Å²) in [6.45, 7) is 0. The van der Waals surface area contributed by atoms with Crippen LogP contribution in [-0.2, 0) is 0 Å². The monoisotopic (exact) mass is 314 g/mol. The number of benzene rings is 1. The first-order valence-electron chi connectivity index (χ1n) is 5.69. The molecule has 1 aliphatic rings. The fourth-order valence-corrected chi connectivity index (χ4v) is 2.79. The highest BCUT2D eigenvalue weighted by Gasteiger charge is 2.25. The van der Waals surface area contributed by atoms with Crippen LogP contribution in [-0.4, -0.2) is 23.9 Å². The third kappa shape index (κ3) is 3.26. The predicted molar refractivity (Wildman–Crippen MR) is 75.1 cm³/mol. The smallest absolute Gasteiger partial charge is 0.170 e. The van der Waals surface area contributed by atoms with Crippen molar-refractivity contribution in [3.05, 3.63) is 28.2 Å². The van der Waals surface area contributed by atoms with Gasteiger partial charge in [-0.25, -0.2) is 0 Å². The van der Waals surface area contributed by atoms with E-state index in [1.165, 1.54) is 0 Å². The van der Waals surface area contributed by atoms with Crippen molar-refractivity contribution in [2.75, 3.05) is 12.0 Å². The van der Waals surface area contributed by atoms with Crippen LogP contribution >= 0.6 is 27.7 Å². The number of Topliss-reactive ketones (excluding diaryl/α,β-unsaturated/α-hetero) is 1. The van der Waals surface area contributed by atoms with Crippen LogP contribution < -0.4 is 4.74 Å². The van der Waals surface area contributed by atoms with Crippen molar-refractivity contribution in [2.24, 2.45) is 0 Å². The second-order valence-corrected chi connectivity index (χ2v) is 6.04. The molecule has 2 rings (SSSR count). The molecular weight excluding hydrogens is 300 g/mol. The molecule has 0 bridgehead atoms. The number of halogens is 1. The first-order chi connectivity index (χ1) is 8.20. The van der Waals surface area contributed by atoms with Crippen molar-refractivity contribution < 1.29 is 9.53 Å². The molecular formula is C13H15BrO2S. The Kier molecular flexibility index (Phi) is 4.51. The lowest BCUT2D eigenvalue weighted by atomic mass is 9.98. The predicted octanol–water partition coefficient (Wildman–Crippen LogP) is 3.93. The third-order valence-corrected chi connectivity index (χ3v) is 4.01. The zero-order valence-electron chi connectivity index (χ0n) is 9.74. The highest BCUT2D eigenvalue weighted by Crippen LogP contribution is 2.31. The molecule has 1 aromatic carbocycles. The van der Waals surface area contributed by atoms with Gasteiger partial charge in [0.05, 0.1) is 5.56 Å². The average molecular weight is 315 g/mol. The lowest BCUT2D eigenvalue weighted by molar-refractivity contribution is 0.0838. The van der Waals surface area contributed by atoms with E-state index in [0.717, 1.165) is 28.8 Å². The number of carbonyl (C=O) groups excluding carboxylic acids is 1. The summed E-state index contributed by atoms with van der Waals surface area (Å²) < 4.78 is 6.78. The van der Waals surface area contributed by atoms with E-state index in [0.29, 0.717) is 12.0 Å². The molecule has 1 aromatic rings. The molecule has 0 aromatic heterocycles. The van der Waals surface area contributed by atoms with Gasteiger partial charge in [-0.1, -0.05) is 15.9 Å². The summed E-state index contributed by atoms with van der Waals surface area (Å²) in [5.74, 6) is 2.06. The zero-order valence-corrected chi connectivity index (χ0v) is 12.1. The fourth-order valence-electron chi connectivity index (χ4n) is 1.98. The van der Waals surface area contributed by atoms with E-state index in [1.807, 2.05) is 30.0 Å². The normalized spacial score (nSPS) is 18.7. The maximum Gasteiger partial charge on any atom is 0.170 e. The van der Waals surface area contributed by atoms with Gasteiger partial charge in [0.15, 0.2) is 5.78 Å². The molecule has 2 nitrogen and oxygen atoms in total. The third-order valence-electron chi connectivity index (χ3n) is 2.82. The number of fused-ring (bicyclic) bond motifs is 1. The minimum atomic E-state index is 0.0586. The number of ether oxygens (including phenoxy) is 1. The Morgan fingerprint density at radius 2 is 2.35 bits per heavy atom. The second-order valence-electron chi connectivity index (χ2n) is 4.14. The molecule has 0 N–H and O–H groups in total. The van der Waals surface area contributed by atoms with Crippen molar-refractivity contribution in [2.45, 2.75) is 25.4 Å². The van der Waals surface area contributed by atoms with E-state index in [9.17, 15) is 4.79 Å². The molecule has 0 aliphatic carbocycles. The molecule has 0 amide bonds. The number of rotatable bonds is 4. The summed E-state index contributed by atoms with van der Waals surface area (Å²) in [5.41, 5.74) is 0.709. The van der Waals surface area contributed by atoms with E-state index >= 15 is 0 Å². The highest BCUT2D eigenvalue weighted by molar-refractivity contribution is 9.10. The van der Waals surface area contributed by atoms with Gasteiger partial charge in [0.1, 0.15) is 11.9 Å². The van der Waals surface area contributed by atoms with Gasteiger partial charge in [-0.2, -0.15) is 11.8 Å². The summed E-state index contributed by atoms with van der Waals surface area (Å²) in [6, 6.07) is 5.63. The van der Waals surface area contributed by atoms with Gasteiger partial charge in [-0.05, 0) is 43.0 Å². The molecule has 1 atom stereocenters. The molecule has 0 fully saturated rings. The summed E-state index contributed by atoms with van der Waals surface area (Å²) in [6.07, 6.45) is 4.73. The SMILES string of the molecule is CSCCCC1CC(=O)c2cc(Br)ccc2O1. The molecule has 1 heterocycles. The second kappa shape index (κ2) is 5.91. The first-order valence-corrected chi connectivity index (χ1v) is 7.87. The van der Waals surface area contributed by atoms with Crippen LogP contribution in [0.5, 0.6) is 5.75 Å². The van der Waals surface area contributed by atoms with Crippen molar-refractivity contribution in [3.8, 4) is 5.75 Å². The maximum absolute atomic E-state index is 12.0. The summed E-state index contributed by atoms with van der Waals surface area (Å²) >= 11 is 5.21. The topological polar surface area (TPSA) is 26.3 Å². The van der Waals surface area contributed by atoms with E-state index in [2.05, 4.69) is 22.2 Å². The van der Waals surface area contributed by atoms with Crippen LogP contribution in [0.3, 0.4) is 0 Å². The summed E-state index contributed by atoms with van der Waals surface area (Å²) in [5, 5.41) is 0. The number of hydrogen-bond donors (Lipinski definition) is 0. The van der Waals surface area contributed by atoms with Crippen LogP contribution in [0.15, 0.2) is 22.7 Å².